The van der Waals surface area contributed by atoms with Crippen LogP contribution in [0.2, 0.25) is 0 Å². The molecule has 0 aliphatic carbocycles. The summed E-state index contributed by atoms with van der Waals surface area (Å²) in [4.78, 5) is 36.5. The van der Waals surface area contributed by atoms with Gasteiger partial charge in [-0.3, -0.25) is 14.3 Å². The minimum absolute atomic E-state index is 0.193. The minimum Gasteiger partial charge on any atom is -0.324 e. The maximum atomic E-state index is 13.2. The Bertz CT molecular complexity index is 845. The smallest absolute Gasteiger partial charge is 0.257 e. The Morgan fingerprint density at radius 1 is 1.25 bits per heavy atom. The Kier molecular flexibility index (Phi) is 5.76. The van der Waals surface area contributed by atoms with Crippen molar-refractivity contribution in [2.75, 3.05) is 11.9 Å². The van der Waals surface area contributed by atoms with E-state index in [1.54, 1.807) is 28.0 Å². The molecule has 0 saturated carbocycles. The van der Waals surface area contributed by atoms with Gasteiger partial charge in [-0.05, 0) is 33.1 Å². The molecule has 0 unspecified atom stereocenters. The molecule has 0 spiro atoms. The standard InChI is InChI=1S/C20H28N6O2/c1-5-25-11-8-16(24-25)23-19(28)20(4)9-6-7-10-26(20)18(27)15-12-21-17(14(2)3)22-13-15/h8,11-14H,5-7,9-10H2,1-4H3,(H,23,24,28)/t20-/m0/s1. The summed E-state index contributed by atoms with van der Waals surface area (Å²) in [5.41, 5.74) is -0.539. The van der Waals surface area contributed by atoms with Crippen LogP contribution in [0.15, 0.2) is 24.7 Å². The van der Waals surface area contributed by atoms with E-state index in [9.17, 15) is 9.59 Å². The lowest BCUT2D eigenvalue weighted by molar-refractivity contribution is -0.127. The van der Waals surface area contributed by atoms with Crippen LogP contribution in [0, 0.1) is 0 Å². The molecule has 3 heterocycles. The number of carbonyl (C=O) groups excluding carboxylic acids is 2. The highest BCUT2D eigenvalue weighted by atomic mass is 16.2. The van der Waals surface area contributed by atoms with Crippen molar-refractivity contribution in [3.8, 4) is 0 Å². The molecule has 3 rings (SSSR count). The zero-order valence-corrected chi connectivity index (χ0v) is 17.0. The lowest BCUT2D eigenvalue weighted by Gasteiger charge is -2.43. The van der Waals surface area contributed by atoms with E-state index in [1.807, 2.05) is 33.9 Å². The average Bonchev–Trinajstić information content (AvgIpc) is 3.15. The number of hydrogen-bond acceptors (Lipinski definition) is 5. The molecule has 0 bridgehead atoms. The van der Waals surface area contributed by atoms with Gasteiger partial charge in [0.2, 0.25) is 0 Å². The predicted octanol–water partition coefficient (Wildman–Crippen LogP) is 2.84. The molecule has 8 heteroatoms. The van der Waals surface area contributed by atoms with Gasteiger partial charge in [0.25, 0.3) is 11.8 Å². The fourth-order valence-electron chi connectivity index (χ4n) is 3.44. The van der Waals surface area contributed by atoms with E-state index < -0.39 is 5.54 Å². The number of anilines is 1. The summed E-state index contributed by atoms with van der Waals surface area (Å²) in [5.74, 6) is 0.948. The van der Waals surface area contributed by atoms with Gasteiger partial charge >= 0.3 is 0 Å². The Morgan fingerprint density at radius 3 is 2.57 bits per heavy atom. The molecule has 1 aliphatic rings. The molecule has 1 fully saturated rings. The van der Waals surface area contributed by atoms with Gasteiger partial charge < -0.3 is 10.2 Å². The normalized spacial score (nSPS) is 19.7. The molecular formula is C20H28N6O2. The van der Waals surface area contributed by atoms with Crippen molar-refractivity contribution in [1.82, 2.24) is 24.6 Å². The molecule has 2 aromatic heterocycles. The molecule has 1 aliphatic heterocycles. The van der Waals surface area contributed by atoms with Gasteiger partial charge in [-0.25, -0.2) is 9.97 Å². The summed E-state index contributed by atoms with van der Waals surface area (Å²) < 4.78 is 1.75. The number of aromatic nitrogens is 4. The van der Waals surface area contributed by atoms with Gasteiger partial charge in [0, 0.05) is 43.7 Å². The van der Waals surface area contributed by atoms with Crippen molar-refractivity contribution < 1.29 is 9.59 Å². The maximum absolute atomic E-state index is 13.2. The molecule has 2 amide bonds. The van der Waals surface area contributed by atoms with Crippen molar-refractivity contribution in [2.24, 2.45) is 0 Å². The van der Waals surface area contributed by atoms with E-state index in [4.69, 9.17) is 0 Å². The highest BCUT2D eigenvalue weighted by Crippen LogP contribution is 2.30. The van der Waals surface area contributed by atoms with Gasteiger partial charge in [0.1, 0.15) is 11.4 Å². The van der Waals surface area contributed by atoms with Crippen LogP contribution < -0.4 is 5.32 Å². The zero-order valence-electron chi connectivity index (χ0n) is 17.0. The molecule has 28 heavy (non-hydrogen) atoms. The fraction of sp³-hybridized carbons (Fsp3) is 0.550. The van der Waals surface area contributed by atoms with Crippen LogP contribution >= 0.6 is 0 Å². The van der Waals surface area contributed by atoms with E-state index in [1.165, 1.54) is 0 Å². The van der Waals surface area contributed by atoms with Gasteiger partial charge in [-0.1, -0.05) is 13.8 Å². The van der Waals surface area contributed by atoms with Crippen LogP contribution in [0.25, 0.3) is 0 Å². The molecular weight excluding hydrogens is 356 g/mol. The van der Waals surface area contributed by atoms with Crippen molar-refractivity contribution in [1.29, 1.82) is 0 Å². The summed E-state index contributed by atoms with van der Waals surface area (Å²) in [5, 5.41) is 7.18. The quantitative estimate of drug-likeness (QED) is 0.856. The number of carbonyl (C=O) groups is 2. The molecule has 1 saturated heterocycles. The van der Waals surface area contributed by atoms with Crippen molar-refractivity contribution in [2.45, 2.75) is 65.0 Å². The first-order valence-corrected chi connectivity index (χ1v) is 9.84. The van der Waals surface area contributed by atoms with Gasteiger partial charge in [0.05, 0.1) is 5.56 Å². The van der Waals surface area contributed by atoms with E-state index >= 15 is 0 Å². The minimum atomic E-state index is -0.942. The molecule has 1 N–H and O–H groups in total. The monoisotopic (exact) mass is 384 g/mol. The summed E-state index contributed by atoms with van der Waals surface area (Å²) in [6.07, 6.45) is 7.28. The second kappa shape index (κ2) is 8.08. The predicted molar refractivity (Wildman–Crippen MR) is 106 cm³/mol. The van der Waals surface area contributed by atoms with Crippen LogP contribution in [0.4, 0.5) is 5.82 Å². The fourth-order valence-corrected chi connectivity index (χ4v) is 3.44. The molecule has 2 aromatic rings. The van der Waals surface area contributed by atoms with Crippen LogP contribution in [0.5, 0.6) is 0 Å². The van der Waals surface area contributed by atoms with E-state index in [0.717, 1.165) is 19.4 Å². The van der Waals surface area contributed by atoms with E-state index in [-0.39, 0.29) is 17.7 Å². The number of amides is 2. The van der Waals surface area contributed by atoms with Gasteiger partial charge in [-0.15, -0.1) is 0 Å². The third-order valence-electron chi connectivity index (χ3n) is 5.27. The Morgan fingerprint density at radius 2 is 1.96 bits per heavy atom. The number of nitrogens with zero attached hydrogens (tertiary/aromatic N) is 5. The second-order valence-corrected chi connectivity index (χ2v) is 7.68. The van der Waals surface area contributed by atoms with Crippen LogP contribution in [0.1, 0.15) is 69.1 Å². The Labute approximate surface area is 165 Å². The SMILES string of the molecule is CCn1ccc(NC(=O)[C@]2(C)CCCCN2C(=O)c2cnc(C(C)C)nc2)n1. The Hall–Kier alpha value is -2.77. The Balaban J connectivity index is 1.81. The number of piperidine rings is 1. The molecule has 0 aromatic carbocycles. The number of rotatable bonds is 5. The van der Waals surface area contributed by atoms with E-state index in [2.05, 4.69) is 20.4 Å². The summed E-state index contributed by atoms with van der Waals surface area (Å²) in [7, 11) is 0. The van der Waals surface area contributed by atoms with E-state index in [0.29, 0.717) is 30.2 Å². The largest absolute Gasteiger partial charge is 0.324 e. The highest BCUT2D eigenvalue weighted by Gasteiger charge is 2.44. The van der Waals surface area contributed by atoms with Crippen LogP contribution in [-0.4, -0.2) is 48.5 Å². The number of likely N-dealkylation sites (tertiary alicyclic amines) is 1. The number of hydrogen-bond donors (Lipinski definition) is 1. The average molecular weight is 384 g/mol. The summed E-state index contributed by atoms with van der Waals surface area (Å²) in [6.45, 7) is 9.06. The molecule has 1 atom stereocenters. The first-order valence-electron chi connectivity index (χ1n) is 9.84. The molecule has 150 valence electrons. The zero-order chi connectivity index (χ0) is 20.3. The second-order valence-electron chi connectivity index (χ2n) is 7.68. The van der Waals surface area contributed by atoms with Crippen LogP contribution in [-0.2, 0) is 11.3 Å². The maximum Gasteiger partial charge on any atom is 0.257 e. The first-order chi connectivity index (χ1) is 13.3. The highest BCUT2D eigenvalue weighted by molar-refractivity contribution is 6.03. The summed E-state index contributed by atoms with van der Waals surface area (Å²) >= 11 is 0. The van der Waals surface area contributed by atoms with Gasteiger partial charge in [0.15, 0.2) is 5.82 Å². The lowest BCUT2D eigenvalue weighted by atomic mass is 9.87. The van der Waals surface area contributed by atoms with Gasteiger partial charge in [-0.2, -0.15) is 5.10 Å². The molecule has 8 nitrogen and oxygen atoms in total. The third kappa shape index (κ3) is 3.90. The summed E-state index contributed by atoms with van der Waals surface area (Å²) in [6, 6.07) is 1.76. The number of nitrogens with one attached hydrogen (secondary N) is 1. The van der Waals surface area contributed by atoms with Crippen molar-refractivity contribution in [3.63, 3.8) is 0 Å². The third-order valence-corrected chi connectivity index (χ3v) is 5.27. The topological polar surface area (TPSA) is 93.0 Å². The van der Waals surface area contributed by atoms with Crippen molar-refractivity contribution >= 4 is 17.6 Å². The van der Waals surface area contributed by atoms with Crippen LogP contribution in [0.3, 0.4) is 0 Å². The lowest BCUT2D eigenvalue weighted by Crippen LogP contribution is -2.59. The van der Waals surface area contributed by atoms with Crippen molar-refractivity contribution in [3.05, 3.63) is 36.0 Å². The molecule has 0 radical (unpaired) electrons. The number of aryl methyl sites for hydroxylation is 1. The first kappa shape index (κ1) is 20.0.